The first-order valence-electron chi connectivity index (χ1n) is 6.79. The molecule has 0 spiro atoms. The van der Waals surface area contributed by atoms with Crippen molar-refractivity contribution in [2.75, 3.05) is 7.11 Å². The van der Waals surface area contributed by atoms with Gasteiger partial charge in [-0.15, -0.1) is 0 Å². The van der Waals surface area contributed by atoms with Crippen molar-refractivity contribution in [3.8, 4) is 5.75 Å². The molecular formula is C17H13BrN2O3. The Morgan fingerprint density at radius 2 is 2.04 bits per heavy atom. The maximum absolute atomic E-state index is 11.7. The normalized spacial score (nSPS) is 11.7. The van der Waals surface area contributed by atoms with E-state index >= 15 is 0 Å². The number of amides is 1. The number of benzene rings is 2. The molecule has 1 aromatic heterocycles. The van der Waals surface area contributed by atoms with Gasteiger partial charge in [-0.3, -0.25) is 4.79 Å². The molecular weight excluding hydrogens is 360 g/mol. The van der Waals surface area contributed by atoms with Gasteiger partial charge in [-0.2, -0.15) is 0 Å². The van der Waals surface area contributed by atoms with Gasteiger partial charge in [0.1, 0.15) is 16.9 Å². The van der Waals surface area contributed by atoms with Crippen LogP contribution in [0.1, 0.15) is 10.4 Å². The molecule has 0 saturated heterocycles. The van der Waals surface area contributed by atoms with Crippen LogP contribution in [0.5, 0.6) is 5.75 Å². The molecule has 2 N–H and O–H groups in total. The summed E-state index contributed by atoms with van der Waals surface area (Å²) >= 11 is 3.39. The Labute approximate surface area is 140 Å². The Kier molecular flexibility index (Phi) is 4.16. The molecule has 1 heterocycles. The minimum absolute atomic E-state index is 0.167. The second kappa shape index (κ2) is 6.26. The van der Waals surface area contributed by atoms with Gasteiger partial charge in [0, 0.05) is 15.9 Å². The minimum Gasteiger partial charge on any atom is -0.497 e. The molecule has 0 aliphatic heterocycles. The van der Waals surface area contributed by atoms with E-state index in [0.29, 0.717) is 17.0 Å². The van der Waals surface area contributed by atoms with Crippen LogP contribution in [-0.4, -0.2) is 13.0 Å². The highest BCUT2D eigenvalue weighted by molar-refractivity contribution is 9.10. The Morgan fingerprint density at radius 1 is 1.22 bits per heavy atom. The molecule has 0 atom stereocenters. The third-order valence-corrected chi connectivity index (χ3v) is 3.75. The smallest absolute Gasteiger partial charge is 0.254 e. The summed E-state index contributed by atoms with van der Waals surface area (Å²) in [7, 11) is 1.58. The fourth-order valence-electron chi connectivity index (χ4n) is 2.16. The highest BCUT2D eigenvalue weighted by Crippen LogP contribution is 2.21. The monoisotopic (exact) mass is 372 g/mol. The van der Waals surface area contributed by atoms with Crippen molar-refractivity contribution in [2.24, 2.45) is 10.7 Å². The first-order chi connectivity index (χ1) is 11.1. The highest BCUT2D eigenvalue weighted by Gasteiger charge is 2.10. The largest absolute Gasteiger partial charge is 0.497 e. The van der Waals surface area contributed by atoms with Crippen molar-refractivity contribution >= 4 is 38.5 Å². The van der Waals surface area contributed by atoms with Gasteiger partial charge in [-0.1, -0.05) is 22.0 Å². The van der Waals surface area contributed by atoms with E-state index in [1.807, 2.05) is 18.2 Å². The zero-order valence-electron chi connectivity index (χ0n) is 12.2. The number of halogens is 1. The molecule has 23 heavy (non-hydrogen) atoms. The summed E-state index contributed by atoms with van der Waals surface area (Å²) in [6.45, 7) is 0. The van der Waals surface area contributed by atoms with E-state index < -0.39 is 5.91 Å². The van der Waals surface area contributed by atoms with Gasteiger partial charge in [0.15, 0.2) is 0 Å². The number of carbonyl (C=O) groups excluding carboxylic acids is 1. The predicted molar refractivity (Wildman–Crippen MR) is 90.6 cm³/mol. The second-order valence-electron chi connectivity index (χ2n) is 4.82. The van der Waals surface area contributed by atoms with Crippen molar-refractivity contribution < 1.29 is 13.9 Å². The summed E-state index contributed by atoms with van der Waals surface area (Å²) in [5, 5.41) is 0.762. The zero-order chi connectivity index (χ0) is 16.4. The molecule has 5 nitrogen and oxygen atoms in total. The van der Waals surface area contributed by atoms with Gasteiger partial charge in [0.05, 0.1) is 12.8 Å². The molecule has 0 aliphatic rings. The summed E-state index contributed by atoms with van der Waals surface area (Å²) in [5.41, 5.74) is 7.06. The SMILES string of the molecule is COc1cccc(N=c2oc3ccc(Br)cc3cc2C(N)=O)c1. The first-order valence-corrected chi connectivity index (χ1v) is 7.58. The summed E-state index contributed by atoms with van der Waals surface area (Å²) < 4.78 is 11.8. The molecule has 3 aromatic rings. The predicted octanol–water partition coefficient (Wildman–Crippen LogP) is 3.54. The van der Waals surface area contributed by atoms with E-state index in [2.05, 4.69) is 20.9 Å². The van der Waals surface area contributed by atoms with Crippen molar-refractivity contribution in [1.29, 1.82) is 0 Å². The number of hydrogen-bond acceptors (Lipinski definition) is 4. The number of rotatable bonds is 3. The maximum Gasteiger partial charge on any atom is 0.254 e. The Morgan fingerprint density at radius 3 is 2.78 bits per heavy atom. The lowest BCUT2D eigenvalue weighted by atomic mass is 10.2. The Hall–Kier alpha value is -2.60. The number of carbonyl (C=O) groups is 1. The molecule has 0 unspecified atom stereocenters. The zero-order valence-corrected chi connectivity index (χ0v) is 13.8. The Balaban J connectivity index is 2.25. The third-order valence-electron chi connectivity index (χ3n) is 3.26. The van der Waals surface area contributed by atoms with Gasteiger partial charge < -0.3 is 14.9 Å². The molecule has 2 aromatic carbocycles. The van der Waals surface area contributed by atoms with E-state index in [-0.39, 0.29) is 11.1 Å². The van der Waals surface area contributed by atoms with Gasteiger partial charge in [0.2, 0.25) is 5.55 Å². The van der Waals surface area contributed by atoms with Crippen LogP contribution in [0.25, 0.3) is 11.0 Å². The average molecular weight is 373 g/mol. The van der Waals surface area contributed by atoms with Crippen LogP contribution in [0.15, 0.2) is 62.4 Å². The summed E-state index contributed by atoms with van der Waals surface area (Å²) in [5.74, 6) is 0.0638. The molecule has 1 amide bonds. The topological polar surface area (TPSA) is 77.8 Å². The van der Waals surface area contributed by atoms with Gasteiger partial charge in [0.25, 0.3) is 5.91 Å². The maximum atomic E-state index is 11.7. The fourth-order valence-corrected chi connectivity index (χ4v) is 2.54. The molecule has 0 fully saturated rings. The quantitative estimate of drug-likeness (QED) is 0.763. The van der Waals surface area contributed by atoms with E-state index in [9.17, 15) is 4.79 Å². The molecule has 0 bridgehead atoms. The van der Waals surface area contributed by atoms with Crippen LogP contribution in [0, 0.1) is 0 Å². The van der Waals surface area contributed by atoms with Crippen molar-refractivity contribution in [2.45, 2.75) is 0 Å². The molecule has 3 rings (SSSR count). The van der Waals surface area contributed by atoms with E-state index in [1.54, 1.807) is 37.4 Å². The van der Waals surface area contributed by atoms with E-state index in [0.717, 1.165) is 9.86 Å². The number of methoxy groups -OCH3 is 1. The van der Waals surface area contributed by atoms with Crippen LogP contribution in [-0.2, 0) is 0 Å². The summed E-state index contributed by atoms with van der Waals surface area (Å²) in [4.78, 5) is 16.1. The molecule has 0 saturated carbocycles. The fraction of sp³-hybridized carbons (Fsp3) is 0.0588. The number of nitrogens with zero attached hydrogens (tertiary/aromatic N) is 1. The van der Waals surface area contributed by atoms with E-state index in [4.69, 9.17) is 14.9 Å². The van der Waals surface area contributed by atoms with Crippen LogP contribution < -0.4 is 16.0 Å². The lowest BCUT2D eigenvalue weighted by Gasteiger charge is -2.03. The molecule has 0 aliphatic carbocycles. The van der Waals surface area contributed by atoms with Gasteiger partial charge in [-0.05, 0) is 36.4 Å². The summed E-state index contributed by atoms with van der Waals surface area (Å²) in [6, 6.07) is 14.3. The van der Waals surface area contributed by atoms with Crippen LogP contribution >= 0.6 is 15.9 Å². The number of hydrogen-bond donors (Lipinski definition) is 1. The number of nitrogens with two attached hydrogens (primary N) is 1. The lowest BCUT2D eigenvalue weighted by molar-refractivity contribution is 0.0996. The van der Waals surface area contributed by atoms with Gasteiger partial charge >= 0.3 is 0 Å². The van der Waals surface area contributed by atoms with Crippen LogP contribution in [0.4, 0.5) is 5.69 Å². The molecule has 0 radical (unpaired) electrons. The van der Waals surface area contributed by atoms with Crippen LogP contribution in [0.3, 0.4) is 0 Å². The molecule has 116 valence electrons. The number of ether oxygens (including phenoxy) is 1. The standard InChI is InChI=1S/C17H13BrN2O3/c1-22-13-4-2-3-12(9-13)20-17-14(16(19)21)8-10-7-11(18)5-6-15(10)23-17/h2-9H,1H3,(H2,19,21). The average Bonchev–Trinajstić information content (AvgIpc) is 2.54. The third kappa shape index (κ3) is 3.27. The van der Waals surface area contributed by atoms with Crippen molar-refractivity contribution in [3.63, 3.8) is 0 Å². The van der Waals surface area contributed by atoms with Crippen molar-refractivity contribution in [1.82, 2.24) is 0 Å². The minimum atomic E-state index is -0.600. The number of fused-ring (bicyclic) bond motifs is 1. The lowest BCUT2D eigenvalue weighted by Crippen LogP contribution is -2.21. The first kappa shape index (κ1) is 15.3. The van der Waals surface area contributed by atoms with Crippen molar-refractivity contribution in [3.05, 3.63) is 64.1 Å². The number of primary amides is 1. The van der Waals surface area contributed by atoms with Crippen LogP contribution in [0.2, 0.25) is 0 Å². The molecule has 6 heteroatoms. The summed E-state index contributed by atoms with van der Waals surface area (Å²) in [6.07, 6.45) is 0. The van der Waals surface area contributed by atoms with E-state index in [1.165, 1.54) is 0 Å². The Bertz CT molecular complexity index is 963. The second-order valence-corrected chi connectivity index (χ2v) is 5.74. The van der Waals surface area contributed by atoms with Gasteiger partial charge in [-0.25, -0.2) is 4.99 Å². The highest BCUT2D eigenvalue weighted by atomic mass is 79.9.